The van der Waals surface area contributed by atoms with Gasteiger partial charge in [0, 0.05) is 16.5 Å². The molecular formula is C41H37BN. The first kappa shape index (κ1) is 26.3. The zero-order valence-electron chi connectivity index (χ0n) is 25.8. The number of para-hydroxylation sites is 1. The van der Waals surface area contributed by atoms with Gasteiger partial charge in [0.05, 0.1) is 11.4 Å². The van der Waals surface area contributed by atoms with Crippen molar-refractivity contribution < 1.29 is 0 Å². The van der Waals surface area contributed by atoms with Crippen molar-refractivity contribution >= 4 is 35.9 Å². The van der Waals surface area contributed by atoms with E-state index in [1.165, 1.54) is 78.2 Å². The number of benzene rings is 5. The molecule has 0 bridgehead atoms. The van der Waals surface area contributed by atoms with Gasteiger partial charge in [-0.05, 0) is 105 Å². The topological polar surface area (TPSA) is 3.24 Å². The first-order chi connectivity index (χ1) is 20.8. The molecule has 0 aromatic heterocycles. The Kier molecular flexibility index (Phi) is 5.73. The molecule has 1 heterocycles. The first-order valence-electron chi connectivity index (χ1n) is 15.7. The van der Waals surface area contributed by atoms with Crippen LogP contribution in [-0.4, -0.2) is 7.28 Å². The van der Waals surface area contributed by atoms with Gasteiger partial charge in [0.1, 0.15) is 7.28 Å². The fraction of sp³-hybridized carbons (Fsp3) is 0.220. The Morgan fingerprint density at radius 1 is 0.628 bits per heavy atom. The van der Waals surface area contributed by atoms with E-state index >= 15 is 0 Å². The van der Waals surface area contributed by atoms with Crippen LogP contribution in [0.15, 0.2) is 103 Å². The molecule has 0 amide bonds. The molecule has 0 spiro atoms. The molecule has 0 N–H and O–H groups in total. The summed E-state index contributed by atoms with van der Waals surface area (Å²) in [4.78, 5) is 2.48. The second-order valence-electron chi connectivity index (χ2n) is 13.5. The fourth-order valence-corrected chi connectivity index (χ4v) is 7.83. The molecule has 0 atom stereocenters. The van der Waals surface area contributed by atoms with Gasteiger partial charge in [-0.3, -0.25) is 0 Å². The molecule has 0 saturated carbocycles. The Labute approximate surface area is 257 Å². The van der Waals surface area contributed by atoms with Crippen molar-refractivity contribution in [1.82, 2.24) is 0 Å². The average molecular weight is 555 g/mol. The Morgan fingerprint density at radius 2 is 1.30 bits per heavy atom. The van der Waals surface area contributed by atoms with Crippen molar-refractivity contribution in [1.29, 1.82) is 0 Å². The molecule has 0 unspecified atom stereocenters. The summed E-state index contributed by atoms with van der Waals surface area (Å²) in [6.07, 6.45) is 6.85. The minimum absolute atomic E-state index is 0.0379. The monoisotopic (exact) mass is 554 g/mol. The highest BCUT2D eigenvalue weighted by molar-refractivity contribution is 6.52. The molecule has 2 heteroatoms. The second-order valence-corrected chi connectivity index (χ2v) is 13.5. The standard InChI is InChI=1S/C41H37BN/c1-40(2)34-12-8-9-13-38(34)43(31-18-14-26-10-6-7-11-27(26)22-31)39-21-16-29(24-37(39)40)28-15-19-32-33-20-17-30(42-5)25-36(33)41(3,4)35(32)23-28/h7-9,11-25H,6,10H2,1-5H3. The number of hydrogen-bond donors (Lipinski definition) is 0. The van der Waals surface area contributed by atoms with Gasteiger partial charge in [0.2, 0.25) is 0 Å². The van der Waals surface area contributed by atoms with Crippen molar-refractivity contribution in [3.05, 3.63) is 137 Å². The maximum Gasteiger partial charge on any atom is 0.148 e. The summed E-state index contributed by atoms with van der Waals surface area (Å²) >= 11 is 0. The number of nitrogens with zero attached hydrogens (tertiary/aromatic N) is 1. The molecule has 209 valence electrons. The molecule has 5 aromatic carbocycles. The minimum Gasteiger partial charge on any atom is -0.310 e. The number of anilines is 3. The molecule has 0 saturated heterocycles. The largest absolute Gasteiger partial charge is 0.310 e. The van der Waals surface area contributed by atoms with Crippen LogP contribution in [0.2, 0.25) is 6.82 Å². The van der Waals surface area contributed by atoms with Crippen LogP contribution in [0.1, 0.15) is 67.5 Å². The van der Waals surface area contributed by atoms with Crippen LogP contribution in [0.4, 0.5) is 17.1 Å². The van der Waals surface area contributed by atoms with Gasteiger partial charge in [-0.15, -0.1) is 0 Å². The summed E-state index contributed by atoms with van der Waals surface area (Å²) < 4.78 is 0. The number of aryl methyl sites for hydroxylation is 1. The maximum absolute atomic E-state index is 2.48. The summed E-state index contributed by atoms with van der Waals surface area (Å²) in [5, 5.41) is 0. The van der Waals surface area contributed by atoms with E-state index in [1.54, 1.807) is 0 Å². The molecular weight excluding hydrogens is 517 g/mol. The predicted molar refractivity (Wildman–Crippen MR) is 185 cm³/mol. The van der Waals surface area contributed by atoms with Crippen LogP contribution >= 0.6 is 0 Å². The summed E-state index contributed by atoms with van der Waals surface area (Å²) in [6, 6.07) is 37.2. The Hall–Kier alpha value is -4.30. The molecule has 8 rings (SSSR count). The van der Waals surface area contributed by atoms with Crippen molar-refractivity contribution in [2.24, 2.45) is 0 Å². The Balaban J connectivity index is 1.27. The van der Waals surface area contributed by atoms with Gasteiger partial charge in [-0.25, -0.2) is 0 Å². The van der Waals surface area contributed by atoms with Gasteiger partial charge in [0.25, 0.3) is 0 Å². The van der Waals surface area contributed by atoms with E-state index in [4.69, 9.17) is 0 Å². The number of hydrogen-bond acceptors (Lipinski definition) is 1. The Morgan fingerprint density at radius 3 is 2.12 bits per heavy atom. The lowest BCUT2D eigenvalue weighted by Gasteiger charge is -2.42. The first-order valence-corrected chi connectivity index (χ1v) is 15.7. The van der Waals surface area contributed by atoms with E-state index in [-0.39, 0.29) is 10.8 Å². The Bertz CT molecular complexity index is 1970. The molecule has 43 heavy (non-hydrogen) atoms. The maximum atomic E-state index is 2.48. The summed E-state index contributed by atoms with van der Waals surface area (Å²) in [7, 11) is 2.20. The van der Waals surface area contributed by atoms with Gasteiger partial charge in [-0.1, -0.05) is 113 Å². The van der Waals surface area contributed by atoms with Crippen LogP contribution in [0.5, 0.6) is 0 Å². The van der Waals surface area contributed by atoms with Crippen LogP contribution in [0.25, 0.3) is 28.3 Å². The van der Waals surface area contributed by atoms with E-state index in [0.717, 1.165) is 12.8 Å². The zero-order chi connectivity index (χ0) is 29.5. The normalized spacial score (nSPS) is 16.5. The molecule has 1 nitrogen and oxygen atoms in total. The van der Waals surface area contributed by atoms with E-state index in [0.29, 0.717) is 0 Å². The molecule has 1 radical (unpaired) electrons. The van der Waals surface area contributed by atoms with Gasteiger partial charge >= 0.3 is 0 Å². The lowest BCUT2D eigenvalue weighted by Crippen LogP contribution is -2.30. The molecule has 1 aliphatic heterocycles. The second kappa shape index (κ2) is 9.35. The van der Waals surface area contributed by atoms with Crippen LogP contribution < -0.4 is 10.4 Å². The summed E-state index contributed by atoms with van der Waals surface area (Å²) in [6.45, 7) is 11.6. The van der Waals surface area contributed by atoms with Crippen LogP contribution in [-0.2, 0) is 17.3 Å². The molecule has 0 fully saturated rings. The van der Waals surface area contributed by atoms with Crippen LogP contribution in [0.3, 0.4) is 0 Å². The molecule has 3 aliphatic rings. The third kappa shape index (κ3) is 3.85. The quantitative estimate of drug-likeness (QED) is 0.201. The van der Waals surface area contributed by atoms with E-state index in [2.05, 4.69) is 156 Å². The lowest BCUT2D eigenvalue weighted by molar-refractivity contribution is 0.632. The average Bonchev–Trinajstić information content (AvgIpc) is 3.26. The van der Waals surface area contributed by atoms with Crippen molar-refractivity contribution in [2.45, 2.75) is 58.2 Å². The summed E-state index contributed by atoms with van der Waals surface area (Å²) in [5.74, 6) is 0. The number of fused-ring (bicyclic) bond motifs is 6. The lowest BCUT2D eigenvalue weighted by atomic mass is 9.71. The SMILES string of the molecule is C[B]c1ccc2c(c1)C(C)(C)c1cc(-c3ccc4c(c3)C(C)(C)c3ccccc3N4c3ccc4c(c3)C=CCC4)ccc1-2. The van der Waals surface area contributed by atoms with Crippen molar-refractivity contribution in [3.8, 4) is 22.3 Å². The highest BCUT2D eigenvalue weighted by Gasteiger charge is 2.38. The van der Waals surface area contributed by atoms with Crippen molar-refractivity contribution in [3.63, 3.8) is 0 Å². The van der Waals surface area contributed by atoms with E-state index in [9.17, 15) is 0 Å². The highest BCUT2D eigenvalue weighted by Crippen LogP contribution is 2.54. The minimum atomic E-state index is -0.133. The van der Waals surface area contributed by atoms with E-state index in [1.807, 2.05) is 0 Å². The fourth-order valence-electron chi connectivity index (χ4n) is 7.83. The predicted octanol–water partition coefficient (Wildman–Crippen LogP) is 10.1. The van der Waals surface area contributed by atoms with Gasteiger partial charge in [-0.2, -0.15) is 0 Å². The van der Waals surface area contributed by atoms with Gasteiger partial charge < -0.3 is 4.90 Å². The third-order valence-corrected chi connectivity index (χ3v) is 10.4. The molecule has 2 aliphatic carbocycles. The van der Waals surface area contributed by atoms with Gasteiger partial charge in [0.15, 0.2) is 0 Å². The van der Waals surface area contributed by atoms with Crippen LogP contribution in [0, 0.1) is 0 Å². The third-order valence-electron chi connectivity index (χ3n) is 10.4. The number of allylic oxidation sites excluding steroid dienone is 1. The molecule has 5 aromatic rings. The number of rotatable bonds is 3. The smallest absolute Gasteiger partial charge is 0.148 e. The summed E-state index contributed by atoms with van der Waals surface area (Å²) in [5.41, 5.74) is 18.5. The highest BCUT2D eigenvalue weighted by atomic mass is 15.2. The zero-order valence-corrected chi connectivity index (χ0v) is 25.8. The van der Waals surface area contributed by atoms with E-state index < -0.39 is 0 Å². The van der Waals surface area contributed by atoms with Crippen molar-refractivity contribution in [2.75, 3.05) is 4.90 Å².